The first-order chi connectivity index (χ1) is 12.7. The maximum Gasteiger partial charge on any atom is 0.288 e. The molecule has 8 heteroatoms. The smallest absolute Gasteiger partial charge is 0.288 e. The Labute approximate surface area is 154 Å². The van der Waals surface area contributed by atoms with Gasteiger partial charge in [-0.1, -0.05) is 29.8 Å². The van der Waals surface area contributed by atoms with Gasteiger partial charge in [0.2, 0.25) is 5.82 Å². The normalized spacial score (nSPS) is 11.0. The van der Waals surface area contributed by atoms with E-state index >= 15 is 0 Å². The van der Waals surface area contributed by atoms with E-state index in [1.807, 2.05) is 53.1 Å². The highest BCUT2D eigenvalue weighted by Gasteiger charge is 2.18. The largest absolute Gasteiger partial charge is 0.352 e. The van der Waals surface area contributed by atoms with E-state index < -0.39 is 0 Å². The van der Waals surface area contributed by atoms with Gasteiger partial charge in [0.25, 0.3) is 5.91 Å². The Balaban J connectivity index is 1.86. The molecule has 0 aliphatic carbocycles. The van der Waals surface area contributed by atoms with Crippen LogP contribution in [0.3, 0.4) is 0 Å². The van der Waals surface area contributed by atoms with Crippen LogP contribution in [0, 0.1) is 0 Å². The van der Waals surface area contributed by atoms with Gasteiger partial charge < -0.3 is 9.72 Å². The number of imidazole rings is 1. The lowest BCUT2D eigenvalue weighted by Gasteiger charge is -2.08. The van der Waals surface area contributed by atoms with Crippen molar-refractivity contribution in [1.29, 1.82) is 0 Å². The third kappa shape index (κ3) is 2.82. The van der Waals surface area contributed by atoms with Crippen molar-refractivity contribution in [3.8, 4) is 11.3 Å². The average molecular weight is 367 g/mol. The number of nitrogens with one attached hydrogen (secondary N) is 1. The predicted octanol–water partition coefficient (Wildman–Crippen LogP) is 2.65. The van der Waals surface area contributed by atoms with Crippen molar-refractivity contribution in [3.63, 3.8) is 0 Å². The molecule has 26 heavy (non-hydrogen) atoms. The van der Waals surface area contributed by atoms with E-state index in [-0.39, 0.29) is 11.7 Å². The molecule has 0 spiro atoms. The van der Waals surface area contributed by atoms with Gasteiger partial charge in [-0.15, -0.1) is 0 Å². The number of hydrogen-bond donors (Lipinski definition) is 1. The minimum atomic E-state index is -0.288. The Hall–Kier alpha value is -3.19. The standard InChI is InChI=1S/C18H15ClN6O/c1-20-18(26)17-21-11-22-25(17)10-14-16(12-5-7-13(19)8-6-12)23-15-4-2-3-9-24(14)15/h2-9,11H,10H2,1H3,(H,20,26). The van der Waals surface area contributed by atoms with Crippen molar-refractivity contribution in [3.05, 3.63) is 71.5 Å². The summed E-state index contributed by atoms with van der Waals surface area (Å²) in [5.41, 5.74) is 3.47. The summed E-state index contributed by atoms with van der Waals surface area (Å²) in [7, 11) is 1.56. The van der Waals surface area contributed by atoms with Crippen LogP contribution in [0.1, 0.15) is 16.3 Å². The Morgan fingerprint density at radius 3 is 2.77 bits per heavy atom. The fourth-order valence-corrected chi connectivity index (χ4v) is 2.97. The van der Waals surface area contributed by atoms with Crippen LogP contribution in [0.25, 0.3) is 16.9 Å². The Kier molecular flexibility index (Phi) is 4.14. The van der Waals surface area contributed by atoms with Gasteiger partial charge in [-0.3, -0.25) is 4.79 Å². The van der Waals surface area contributed by atoms with E-state index in [9.17, 15) is 4.79 Å². The second-order valence-corrected chi connectivity index (χ2v) is 6.10. The van der Waals surface area contributed by atoms with Crippen LogP contribution in [0.15, 0.2) is 55.0 Å². The molecule has 0 fully saturated rings. The number of carbonyl (C=O) groups excluding carboxylic acids is 1. The molecule has 7 nitrogen and oxygen atoms in total. The van der Waals surface area contributed by atoms with Crippen LogP contribution in [0.2, 0.25) is 5.02 Å². The lowest BCUT2D eigenvalue weighted by molar-refractivity contribution is 0.0947. The molecule has 0 saturated carbocycles. The van der Waals surface area contributed by atoms with Crippen molar-refractivity contribution in [2.24, 2.45) is 0 Å². The number of nitrogens with zero attached hydrogens (tertiary/aromatic N) is 5. The van der Waals surface area contributed by atoms with Gasteiger partial charge in [-0.05, 0) is 24.3 Å². The minimum Gasteiger partial charge on any atom is -0.352 e. The SMILES string of the molecule is CNC(=O)c1ncnn1Cc1c(-c2ccc(Cl)cc2)nc2ccccn12. The fraction of sp³-hybridized carbons (Fsp3) is 0.111. The number of halogens is 1. The van der Waals surface area contributed by atoms with Crippen LogP contribution in [0.4, 0.5) is 0 Å². The summed E-state index contributed by atoms with van der Waals surface area (Å²) >= 11 is 6.01. The lowest BCUT2D eigenvalue weighted by Crippen LogP contribution is -2.23. The molecule has 0 aliphatic heterocycles. The zero-order chi connectivity index (χ0) is 18.1. The minimum absolute atomic E-state index is 0.250. The second kappa shape index (κ2) is 6.61. The first-order valence-corrected chi connectivity index (χ1v) is 8.37. The summed E-state index contributed by atoms with van der Waals surface area (Å²) in [4.78, 5) is 20.8. The number of carbonyl (C=O) groups is 1. The predicted molar refractivity (Wildman–Crippen MR) is 98.2 cm³/mol. The summed E-state index contributed by atoms with van der Waals surface area (Å²) in [6, 6.07) is 13.3. The zero-order valence-corrected chi connectivity index (χ0v) is 14.7. The van der Waals surface area contributed by atoms with Gasteiger partial charge in [0.1, 0.15) is 12.0 Å². The third-order valence-electron chi connectivity index (χ3n) is 4.09. The highest BCUT2D eigenvalue weighted by Crippen LogP contribution is 2.26. The molecule has 0 bridgehead atoms. The van der Waals surface area contributed by atoms with Crippen LogP contribution in [0.5, 0.6) is 0 Å². The number of hydrogen-bond acceptors (Lipinski definition) is 4. The number of aromatic nitrogens is 5. The number of pyridine rings is 1. The Morgan fingerprint density at radius 2 is 2.00 bits per heavy atom. The van der Waals surface area contributed by atoms with Crippen LogP contribution >= 0.6 is 11.6 Å². The Morgan fingerprint density at radius 1 is 1.19 bits per heavy atom. The summed E-state index contributed by atoms with van der Waals surface area (Å²) < 4.78 is 3.55. The van der Waals surface area contributed by atoms with Gasteiger partial charge in [-0.2, -0.15) is 5.10 Å². The maximum atomic E-state index is 12.0. The molecule has 0 unspecified atom stereocenters. The van der Waals surface area contributed by atoms with Gasteiger partial charge in [0.15, 0.2) is 0 Å². The molecular weight excluding hydrogens is 352 g/mol. The Bertz CT molecular complexity index is 1080. The van der Waals surface area contributed by atoms with Gasteiger partial charge in [0, 0.05) is 23.8 Å². The molecule has 1 aromatic carbocycles. The first-order valence-electron chi connectivity index (χ1n) is 7.99. The fourth-order valence-electron chi connectivity index (χ4n) is 2.85. The van der Waals surface area contributed by atoms with Crippen molar-refractivity contribution >= 4 is 23.2 Å². The molecule has 0 saturated heterocycles. The summed E-state index contributed by atoms with van der Waals surface area (Å²) in [6.07, 6.45) is 3.31. The first kappa shape index (κ1) is 16.3. The zero-order valence-electron chi connectivity index (χ0n) is 13.9. The summed E-state index contributed by atoms with van der Waals surface area (Å²) in [5, 5.41) is 7.44. The quantitative estimate of drug-likeness (QED) is 0.602. The molecule has 1 N–H and O–H groups in total. The summed E-state index contributed by atoms with van der Waals surface area (Å²) in [5.74, 6) is -0.0372. The van der Waals surface area contributed by atoms with Gasteiger partial charge in [-0.25, -0.2) is 14.6 Å². The molecule has 0 atom stereocenters. The van der Waals surface area contributed by atoms with Crippen LogP contribution in [-0.2, 0) is 6.54 Å². The van der Waals surface area contributed by atoms with E-state index in [2.05, 4.69) is 15.4 Å². The maximum absolute atomic E-state index is 12.0. The van der Waals surface area contributed by atoms with Crippen LogP contribution < -0.4 is 5.32 Å². The van der Waals surface area contributed by atoms with Gasteiger partial charge >= 0.3 is 0 Å². The molecular formula is C18H15ClN6O. The number of rotatable bonds is 4. The molecule has 0 radical (unpaired) electrons. The molecule has 3 heterocycles. The monoisotopic (exact) mass is 366 g/mol. The van der Waals surface area contributed by atoms with E-state index in [0.717, 1.165) is 22.6 Å². The molecule has 0 aliphatic rings. The van der Waals surface area contributed by atoms with Crippen molar-refractivity contribution in [1.82, 2.24) is 29.5 Å². The molecule has 4 rings (SSSR count). The number of benzene rings is 1. The molecule has 3 aromatic heterocycles. The number of fused-ring (bicyclic) bond motifs is 1. The van der Waals surface area contributed by atoms with E-state index in [0.29, 0.717) is 11.6 Å². The third-order valence-corrected chi connectivity index (χ3v) is 4.34. The molecule has 130 valence electrons. The van der Waals surface area contributed by atoms with Crippen molar-refractivity contribution in [2.45, 2.75) is 6.54 Å². The highest BCUT2D eigenvalue weighted by molar-refractivity contribution is 6.30. The second-order valence-electron chi connectivity index (χ2n) is 5.66. The lowest BCUT2D eigenvalue weighted by atomic mass is 10.1. The van der Waals surface area contributed by atoms with Crippen molar-refractivity contribution < 1.29 is 4.79 Å². The molecule has 1 amide bonds. The van der Waals surface area contributed by atoms with E-state index in [4.69, 9.17) is 16.6 Å². The highest BCUT2D eigenvalue weighted by atomic mass is 35.5. The topological polar surface area (TPSA) is 77.1 Å². The van der Waals surface area contributed by atoms with Gasteiger partial charge in [0.05, 0.1) is 17.9 Å². The average Bonchev–Trinajstić information content (AvgIpc) is 3.27. The summed E-state index contributed by atoms with van der Waals surface area (Å²) in [6.45, 7) is 0.353. The number of amides is 1. The van der Waals surface area contributed by atoms with E-state index in [1.165, 1.54) is 6.33 Å². The van der Waals surface area contributed by atoms with Crippen LogP contribution in [-0.4, -0.2) is 37.1 Å². The van der Waals surface area contributed by atoms with Crippen molar-refractivity contribution in [2.75, 3.05) is 7.05 Å². The molecule has 4 aromatic rings. The van der Waals surface area contributed by atoms with E-state index in [1.54, 1.807) is 11.7 Å².